The highest BCUT2D eigenvalue weighted by Crippen LogP contribution is 2.35. The summed E-state index contributed by atoms with van der Waals surface area (Å²) in [4.78, 5) is 4.60. The molecule has 2 aromatic rings. The van der Waals surface area contributed by atoms with Crippen molar-refractivity contribution in [1.29, 1.82) is 0 Å². The first-order valence-electron chi connectivity index (χ1n) is 8.79. The topological polar surface area (TPSA) is 21.6 Å². The van der Waals surface area contributed by atoms with Crippen molar-refractivity contribution in [3.8, 4) is 16.9 Å². The van der Waals surface area contributed by atoms with Crippen LogP contribution in [0.2, 0.25) is 0 Å². The molecule has 0 heterocycles. The molecule has 0 fully saturated rings. The van der Waals surface area contributed by atoms with Gasteiger partial charge in [0.15, 0.2) is 0 Å². The lowest BCUT2D eigenvalue weighted by Gasteiger charge is -2.23. The Morgan fingerprint density at radius 2 is 1.58 bits per heavy atom. The van der Waals surface area contributed by atoms with Gasteiger partial charge >= 0.3 is 0 Å². The second kappa shape index (κ2) is 8.14. The van der Waals surface area contributed by atoms with E-state index in [0.29, 0.717) is 5.92 Å². The number of aliphatic imine (C=N–C) groups is 1. The molecule has 128 valence electrons. The minimum atomic E-state index is 0.139. The molecule has 2 heteroatoms. The molecule has 0 amide bonds. The molecule has 1 unspecified atom stereocenters. The van der Waals surface area contributed by atoms with Gasteiger partial charge in [-0.2, -0.15) is 0 Å². The van der Waals surface area contributed by atoms with E-state index in [1.165, 1.54) is 11.1 Å². The number of hydrogen-bond acceptors (Lipinski definition) is 2. The molecule has 0 bridgehead atoms. The Morgan fingerprint density at radius 3 is 2.17 bits per heavy atom. The maximum atomic E-state index is 6.41. The molecule has 0 aliphatic carbocycles. The number of rotatable bonds is 6. The summed E-state index contributed by atoms with van der Waals surface area (Å²) < 4.78 is 6.41. The van der Waals surface area contributed by atoms with Gasteiger partial charge in [0.1, 0.15) is 5.75 Å². The monoisotopic (exact) mass is 323 g/mol. The zero-order chi connectivity index (χ0) is 17.7. The highest BCUT2D eigenvalue weighted by molar-refractivity contribution is 5.90. The van der Waals surface area contributed by atoms with E-state index in [1.807, 2.05) is 12.3 Å². The Hall–Kier alpha value is -2.09. The van der Waals surface area contributed by atoms with Crippen molar-refractivity contribution in [1.82, 2.24) is 0 Å². The smallest absolute Gasteiger partial charge is 0.136 e. The summed E-state index contributed by atoms with van der Waals surface area (Å²) in [5.41, 5.74) is 4.56. The Balaban J connectivity index is 2.60. The minimum Gasteiger partial charge on any atom is -0.489 e. The summed E-state index contributed by atoms with van der Waals surface area (Å²) >= 11 is 0. The molecule has 2 rings (SSSR count). The lowest BCUT2D eigenvalue weighted by Crippen LogP contribution is -2.20. The molecule has 24 heavy (non-hydrogen) atoms. The SMILES string of the molecule is Cc1ccc(-c2ccccc2)c(OC(C)C(C)C)c1C=NC(C)C. The van der Waals surface area contributed by atoms with Gasteiger partial charge in [0.2, 0.25) is 0 Å². The van der Waals surface area contributed by atoms with Crippen LogP contribution in [0.15, 0.2) is 47.5 Å². The summed E-state index contributed by atoms with van der Waals surface area (Å²) in [6.45, 7) is 12.8. The maximum Gasteiger partial charge on any atom is 0.136 e. The summed E-state index contributed by atoms with van der Waals surface area (Å²) in [6.07, 6.45) is 2.11. The predicted octanol–water partition coefficient (Wildman–Crippen LogP) is 5.91. The second-order valence-corrected chi connectivity index (χ2v) is 6.98. The molecule has 2 nitrogen and oxygen atoms in total. The van der Waals surface area contributed by atoms with Crippen LogP contribution in [0.1, 0.15) is 45.7 Å². The van der Waals surface area contributed by atoms with Crippen LogP contribution in [0.3, 0.4) is 0 Å². The number of hydrogen-bond donors (Lipinski definition) is 0. The van der Waals surface area contributed by atoms with E-state index in [9.17, 15) is 0 Å². The fraction of sp³-hybridized carbons (Fsp3) is 0.409. The van der Waals surface area contributed by atoms with Crippen LogP contribution in [0.25, 0.3) is 11.1 Å². The fourth-order valence-electron chi connectivity index (χ4n) is 2.38. The number of ether oxygens (including phenoxy) is 1. The largest absolute Gasteiger partial charge is 0.489 e. The zero-order valence-corrected chi connectivity index (χ0v) is 15.7. The summed E-state index contributed by atoms with van der Waals surface area (Å²) in [5, 5.41) is 0. The Bertz CT molecular complexity index is 687. The van der Waals surface area contributed by atoms with Crippen LogP contribution in [-0.4, -0.2) is 18.4 Å². The van der Waals surface area contributed by atoms with E-state index in [2.05, 4.69) is 82.9 Å². The lowest BCUT2D eigenvalue weighted by atomic mass is 9.97. The second-order valence-electron chi connectivity index (χ2n) is 6.98. The van der Waals surface area contributed by atoms with E-state index in [4.69, 9.17) is 4.74 Å². The molecule has 0 aromatic heterocycles. The van der Waals surface area contributed by atoms with Crippen LogP contribution in [0, 0.1) is 12.8 Å². The van der Waals surface area contributed by atoms with Gasteiger partial charge in [0.05, 0.1) is 6.10 Å². The standard InChI is InChI=1S/C22H29NO/c1-15(2)18(6)24-22-20(19-10-8-7-9-11-19)13-12-17(5)21(22)14-23-16(3)4/h7-16,18H,1-6H3. The van der Waals surface area contributed by atoms with Gasteiger partial charge in [-0.25, -0.2) is 0 Å². The van der Waals surface area contributed by atoms with Gasteiger partial charge < -0.3 is 4.74 Å². The Kier molecular flexibility index (Phi) is 6.19. The average molecular weight is 323 g/mol. The number of aryl methyl sites for hydroxylation is 1. The normalized spacial score (nSPS) is 13.0. The van der Waals surface area contributed by atoms with Crippen molar-refractivity contribution in [2.45, 2.75) is 53.7 Å². The highest BCUT2D eigenvalue weighted by Gasteiger charge is 2.17. The van der Waals surface area contributed by atoms with Gasteiger partial charge in [-0.3, -0.25) is 4.99 Å². The third kappa shape index (κ3) is 4.47. The van der Waals surface area contributed by atoms with Crippen LogP contribution < -0.4 is 4.74 Å². The maximum absolute atomic E-state index is 6.41. The predicted molar refractivity (Wildman–Crippen MR) is 104 cm³/mol. The third-order valence-electron chi connectivity index (χ3n) is 4.24. The molecule has 0 radical (unpaired) electrons. The van der Waals surface area contributed by atoms with Crippen molar-refractivity contribution in [3.63, 3.8) is 0 Å². The fourth-order valence-corrected chi connectivity index (χ4v) is 2.38. The number of benzene rings is 2. The van der Waals surface area contributed by atoms with E-state index >= 15 is 0 Å². The summed E-state index contributed by atoms with van der Waals surface area (Å²) in [5.74, 6) is 1.39. The molecule has 2 aromatic carbocycles. The van der Waals surface area contributed by atoms with Crippen molar-refractivity contribution >= 4 is 6.21 Å². The van der Waals surface area contributed by atoms with E-state index in [-0.39, 0.29) is 12.1 Å². The summed E-state index contributed by atoms with van der Waals surface area (Å²) in [6, 6.07) is 15.0. The quantitative estimate of drug-likeness (QED) is 0.605. The zero-order valence-electron chi connectivity index (χ0n) is 15.7. The Labute approximate surface area is 146 Å². The number of nitrogens with zero attached hydrogens (tertiary/aromatic N) is 1. The molecule has 0 N–H and O–H groups in total. The molecule has 1 atom stereocenters. The van der Waals surface area contributed by atoms with E-state index in [1.54, 1.807) is 0 Å². The third-order valence-corrected chi connectivity index (χ3v) is 4.24. The van der Waals surface area contributed by atoms with Gasteiger partial charge in [0, 0.05) is 23.4 Å². The molecular weight excluding hydrogens is 294 g/mol. The van der Waals surface area contributed by atoms with E-state index < -0.39 is 0 Å². The molecule has 0 spiro atoms. The summed E-state index contributed by atoms with van der Waals surface area (Å²) in [7, 11) is 0. The minimum absolute atomic E-state index is 0.139. The van der Waals surface area contributed by atoms with Gasteiger partial charge in [-0.15, -0.1) is 0 Å². The van der Waals surface area contributed by atoms with Crippen molar-refractivity contribution in [3.05, 3.63) is 53.6 Å². The molecule has 0 aliphatic rings. The lowest BCUT2D eigenvalue weighted by molar-refractivity contribution is 0.171. The first-order chi connectivity index (χ1) is 11.4. The van der Waals surface area contributed by atoms with Gasteiger partial charge in [0.25, 0.3) is 0 Å². The van der Waals surface area contributed by atoms with Gasteiger partial charge in [-0.05, 0) is 44.7 Å². The van der Waals surface area contributed by atoms with Crippen molar-refractivity contribution in [2.24, 2.45) is 10.9 Å². The molecule has 0 saturated carbocycles. The van der Waals surface area contributed by atoms with E-state index in [0.717, 1.165) is 16.9 Å². The Morgan fingerprint density at radius 1 is 0.917 bits per heavy atom. The molecule has 0 saturated heterocycles. The first-order valence-corrected chi connectivity index (χ1v) is 8.79. The highest BCUT2D eigenvalue weighted by atomic mass is 16.5. The molecule has 0 aliphatic heterocycles. The van der Waals surface area contributed by atoms with Crippen LogP contribution in [-0.2, 0) is 0 Å². The van der Waals surface area contributed by atoms with Crippen molar-refractivity contribution < 1.29 is 4.74 Å². The van der Waals surface area contributed by atoms with Crippen LogP contribution >= 0.6 is 0 Å². The van der Waals surface area contributed by atoms with Crippen LogP contribution in [0.4, 0.5) is 0 Å². The first kappa shape index (κ1) is 18.3. The average Bonchev–Trinajstić information content (AvgIpc) is 2.55. The molecular formula is C22H29NO. The van der Waals surface area contributed by atoms with Crippen molar-refractivity contribution in [2.75, 3.05) is 0 Å². The van der Waals surface area contributed by atoms with Crippen LogP contribution in [0.5, 0.6) is 5.75 Å². The van der Waals surface area contributed by atoms with Gasteiger partial charge in [-0.1, -0.05) is 56.3 Å².